The van der Waals surface area contributed by atoms with Crippen LogP contribution in [-0.2, 0) is 7.05 Å². The number of aliphatic hydroxyl groups is 1. The molecule has 3 rings (SSSR count). The fourth-order valence-corrected chi connectivity index (χ4v) is 3.31. The van der Waals surface area contributed by atoms with Gasteiger partial charge in [0.1, 0.15) is 19.3 Å². The van der Waals surface area contributed by atoms with Crippen LogP contribution in [0.1, 0.15) is 17.4 Å². The van der Waals surface area contributed by atoms with Crippen LogP contribution in [0.3, 0.4) is 0 Å². The molecule has 1 unspecified atom stereocenters. The number of hydrogen-bond donors (Lipinski definition) is 1. The Morgan fingerprint density at radius 3 is 2.70 bits per heavy atom. The molecule has 0 aliphatic carbocycles. The number of rotatable bonds is 2. The number of hydrogen-bond acceptors (Lipinski definition) is 4. The van der Waals surface area contributed by atoms with E-state index in [0.717, 1.165) is 8.95 Å². The van der Waals surface area contributed by atoms with Crippen molar-refractivity contribution in [2.75, 3.05) is 13.2 Å². The normalized spacial score (nSPS) is 15.2. The van der Waals surface area contributed by atoms with Gasteiger partial charge in [0.05, 0.1) is 20.8 Å². The molecule has 2 heterocycles. The van der Waals surface area contributed by atoms with E-state index in [-0.39, 0.29) is 0 Å². The third kappa shape index (κ3) is 2.34. The minimum absolute atomic E-state index is 0.508. The van der Waals surface area contributed by atoms with Gasteiger partial charge in [0.15, 0.2) is 11.5 Å². The van der Waals surface area contributed by atoms with Gasteiger partial charge in [-0.1, -0.05) is 0 Å². The van der Waals surface area contributed by atoms with Gasteiger partial charge in [0.25, 0.3) is 0 Å². The van der Waals surface area contributed by atoms with E-state index in [1.807, 2.05) is 6.07 Å². The Hall–Kier alpha value is -1.05. The van der Waals surface area contributed by atoms with Gasteiger partial charge in [0.2, 0.25) is 0 Å². The van der Waals surface area contributed by atoms with E-state index < -0.39 is 6.10 Å². The lowest BCUT2D eigenvalue weighted by Crippen LogP contribution is -2.16. The van der Waals surface area contributed by atoms with E-state index in [9.17, 15) is 5.11 Å². The van der Waals surface area contributed by atoms with Gasteiger partial charge in [-0.25, -0.2) is 0 Å². The van der Waals surface area contributed by atoms with Crippen LogP contribution in [0.15, 0.2) is 27.3 Å². The van der Waals surface area contributed by atoms with Gasteiger partial charge < -0.3 is 14.6 Å². The van der Waals surface area contributed by atoms with E-state index in [4.69, 9.17) is 9.47 Å². The molecular weight excluding hydrogens is 392 g/mol. The predicted molar refractivity (Wildman–Crippen MR) is 80.1 cm³/mol. The van der Waals surface area contributed by atoms with E-state index in [0.29, 0.717) is 36.0 Å². The van der Waals surface area contributed by atoms with E-state index in [1.54, 1.807) is 24.0 Å². The molecule has 5 nitrogen and oxygen atoms in total. The Kier molecular flexibility index (Phi) is 3.74. The fraction of sp³-hybridized carbons (Fsp3) is 0.308. The van der Waals surface area contributed by atoms with Gasteiger partial charge in [-0.15, -0.1) is 0 Å². The average Bonchev–Trinajstić information content (AvgIpc) is 2.77. The van der Waals surface area contributed by atoms with Crippen LogP contribution in [0.4, 0.5) is 0 Å². The Labute approximate surface area is 132 Å². The maximum atomic E-state index is 10.6. The summed E-state index contributed by atoms with van der Waals surface area (Å²) in [5.41, 5.74) is 1.40. The average molecular weight is 404 g/mol. The van der Waals surface area contributed by atoms with E-state index in [1.165, 1.54) is 0 Å². The molecule has 7 heteroatoms. The molecule has 20 heavy (non-hydrogen) atoms. The molecule has 2 aromatic rings. The SMILES string of the molecule is Cn1ncc(Br)c1C(O)c1cc(Br)c2c(c1)OCCO2. The third-order valence-corrected chi connectivity index (χ3v) is 4.33. The first-order valence-corrected chi connectivity index (χ1v) is 7.61. The third-order valence-electron chi connectivity index (χ3n) is 3.13. The summed E-state index contributed by atoms with van der Waals surface area (Å²) in [7, 11) is 1.79. The first-order valence-electron chi connectivity index (χ1n) is 6.02. The van der Waals surface area contributed by atoms with Crippen LogP contribution >= 0.6 is 31.9 Å². The van der Waals surface area contributed by atoms with Gasteiger partial charge in [-0.3, -0.25) is 4.68 Å². The van der Waals surface area contributed by atoms with Gasteiger partial charge in [-0.2, -0.15) is 5.10 Å². The van der Waals surface area contributed by atoms with Gasteiger partial charge >= 0.3 is 0 Å². The molecule has 0 saturated carbocycles. The van der Waals surface area contributed by atoms with E-state index >= 15 is 0 Å². The Morgan fingerprint density at radius 1 is 1.25 bits per heavy atom. The lowest BCUT2D eigenvalue weighted by atomic mass is 10.1. The maximum Gasteiger partial charge on any atom is 0.175 e. The number of aromatic nitrogens is 2. The number of aryl methyl sites for hydroxylation is 1. The number of ether oxygens (including phenoxy) is 2. The van der Waals surface area contributed by atoms with E-state index in [2.05, 4.69) is 37.0 Å². The molecule has 0 amide bonds. The van der Waals surface area contributed by atoms with Gasteiger partial charge in [-0.05, 0) is 49.6 Å². The Morgan fingerprint density at radius 2 is 2.00 bits per heavy atom. The number of benzene rings is 1. The van der Waals surface area contributed by atoms with Crippen molar-refractivity contribution in [1.29, 1.82) is 0 Å². The topological polar surface area (TPSA) is 56.5 Å². The molecule has 0 fully saturated rings. The zero-order valence-corrected chi connectivity index (χ0v) is 13.8. The number of aliphatic hydroxyl groups excluding tert-OH is 1. The van der Waals surface area contributed by atoms with Crippen LogP contribution in [0.2, 0.25) is 0 Å². The molecule has 0 bridgehead atoms. The number of halogens is 2. The maximum absolute atomic E-state index is 10.6. The molecule has 1 N–H and O–H groups in total. The summed E-state index contributed by atoms with van der Waals surface area (Å²) in [6.07, 6.45) is 0.856. The first-order chi connectivity index (χ1) is 9.58. The van der Waals surface area contributed by atoms with Gasteiger partial charge in [0, 0.05) is 7.05 Å². The second-order valence-corrected chi connectivity index (χ2v) is 6.14. The van der Waals surface area contributed by atoms with Crippen LogP contribution in [0, 0.1) is 0 Å². The van der Waals surface area contributed by atoms with Crippen molar-refractivity contribution < 1.29 is 14.6 Å². The van der Waals surface area contributed by atoms with Crippen molar-refractivity contribution in [2.24, 2.45) is 7.05 Å². The molecule has 0 radical (unpaired) electrons. The highest BCUT2D eigenvalue weighted by Crippen LogP contribution is 2.41. The first kappa shape index (κ1) is 13.9. The molecule has 1 aliphatic rings. The zero-order chi connectivity index (χ0) is 14.3. The van der Waals surface area contributed by atoms with Crippen LogP contribution in [-0.4, -0.2) is 28.1 Å². The van der Waals surface area contributed by atoms with Crippen molar-refractivity contribution >= 4 is 31.9 Å². The highest BCUT2D eigenvalue weighted by Gasteiger charge is 2.23. The van der Waals surface area contributed by atoms with Crippen molar-refractivity contribution in [3.63, 3.8) is 0 Å². The monoisotopic (exact) mass is 402 g/mol. The standard InChI is InChI=1S/C13H12Br2N2O3/c1-17-11(9(15)6-16-17)12(18)7-4-8(14)13-10(5-7)19-2-3-20-13/h4-6,12,18H,2-3H2,1H3. The molecule has 1 aromatic heterocycles. The lowest BCUT2D eigenvalue weighted by molar-refractivity contribution is 0.168. The second-order valence-electron chi connectivity index (χ2n) is 4.43. The van der Waals surface area contributed by atoms with Crippen LogP contribution < -0.4 is 9.47 Å². The smallest absolute Gasteiger partial charge is 0.175 e. The molecule has 0 spiro atoms. The van der Waals surface area contributed by atoms with Crippen LogP contribution in [0.25, 0.3) is 0 Å². The highest BCUT2D eigenvalue weighted by molar-refractivity contribution is 9.10. The fourth-order valence-electron chi connectivity index (χ4n) is 2.17. The number of fused-ring (bicyclic) bond motifs is 1. The molecule has 106 valence electrons. The van der Waals surface area contributed by atoms with Crippen molar-refractivity contribution in [2.45, 2.75) is 6.10 Å². The summed E-state index contributed by atoms with van der Waals surface area (Å²) in [6.45, 7) is 1.04. The van der Waals surface area contributed by atoms with Crippen molar-refractivity contribution in [3.8, 4) is 11.5 Å². The lowest BCUT2D eigenvalue weighted by Gasteiger charge is -2.22. The Balaban J connectivity index is 2.04. The summed E-state index contributed by atoms with van der Waals surface area (Å²) in [6, 6.07) is 3.63. The second kappa shape index (κ2) is 5.38. The summed E-state index contributed by atoms with van der Waals surface area (Å²) in [5.74, 6) is 1.31. The summed E-state index contributed by atoms with van der Waals surface area (Å²) in [4.78, 5) is 0. The molecular formula is C13H12Br2N2O3. The summed E-state index contributed by atoms with van der Waals surface area (Å²) >= 11 is 6.85. The summed E-state index contributed by atoms with van der Waals surface area (Å²) in [5, 5.41) is 14.7. The van der Waals surface area contributed by atoms with Crippen molar-refractivity contribution in [3.05, 3.63) is 38.5 Å². The van der Waals surface area contributed by atoms with Crippen molar-refractivity contribution in [1.82, 2.24) is 9.78 Å². The molecule has 1 atom stereocenters. The Bertz CT molecular complexity index is 638. The molecule has 1 aliphatic heterocycles. The molecule has 0 saturated heterocycles. The zero-order valence-electron chi connectivity index (χ0n) is 10.6. The largest absolute Gasteiger partial charge is 0.486 e. The quantitative estimate of drug-likeness (QED) is 0.837. The number of nitrogens with zero attached hydrogens (tertiary/aromatic N) is 2. The minimum atomic E-state index is -0.802. The molecule has 1 aromatic carbocycles. The highest BCUT2D eigenvalue weighted by atomic mass is 79.9. The minimum Gasteiger partial charge on any atom is -0.486 e. The van der Waals surface area contributed by atoms with Crippen LogP contribution in [0.5, 0.6) is 11.5 Å². The predicted octanol–water partition coefficient (Wildman–Crippen LogP) is 2.80. The summed E-state index contributed by atoms with van der Waals surface area (Å²) < 4.78 is 14.3.